The molecule has 0 aliphatic rings. The van der Waals surface area contributed by atoms with Crippen LogP contribution in [0, 0.1) is 17.5 Å². The first-order valence-corrected chi connectivity index (χ1v) is 7.63. The Hall–Kier alpha value is -3.13. The molecule has 1 amide bonds. The number of hydrogen-bond acceptors (Lipinski definition) is 4. The highest BCUT2D eigenvalue weighted by Gasteiger charge is 2.14. The van der Waals surface area contributed by atoms with Crippen LogP contribution in [-0.4, -0.2) is 16.1 Å². The largest absolute Gasteiger partial charge is 0.336 e. The van der Waals surface area contributed by atoms with Gasteiger partial charge in [0.25, 0.3) is 5.91 Å². The topological polar surface area (TPSA) is 66.9 Å². The molecule has 3 aromatic rings. The summed E-state index contributed by atoms with van der Waals surface area (Å²) in [5.74, 6) is -4.75. The third-order valence-electron chi connectivity index (χ3n) is 3.28. The zero-order valence-electron chi connectivity index (χ0n) is 12.9. The van der Waals surface area contributed by atoms with E-state index in [1.165, 1.54) is 12.1 Å². The van der Waals surface area contributed by atoms with Crippen LogP contribution < -0.4 is 10.6 Å². The minimum absolute atomic E-state index is 0.00119. The van der Waals surface area contributed by atoms with Crippen LogP contribution in [0.3, 0.4) is 0 Å². The van der Waals surface area contributed by atoms with Crippen molar-refractivity contribution in [1.82, 2.24) is 10.2 Å². The highest BCUT2D eigenvalue weighted by Crippen LogP contribution is 2.22. The molecule has 3 rings (SSSR count). The summed E-state index contributed by atoms with van der Waals surface area (Å²) in [7, 11) is 0. The van der Waals surface area contributed by atoms with E-state index in [1.807, 2.05) is 0 Å². The minimum Gasteiger partial charge on any atom is -0.336 e. The Kier molecular flexibility index (Phi) is 5.04. The van der Waals surface area contributed by atoms with Crippen molar-refractivity contribution in [2.24, 2.45) is 0 Å². The Morgan fingerprint density at radius 1 is 0.962 bits per heavy atom. The van der Waals surface area contributed by atoms with Crippen molar-refractivity contribution < 1.29 is 18.0 Å². The third kappa shape index (κ3) is 3.92. The molecule has 0 bridgehead atoms. The Morgan fingerprint density at radius 3 is 2.46 bits per heavy atom. The first-order chi connectivity index (χ1) is 12.4. The van der Waals surface area contributed by atoms with Gasteiger partial charge >= 0.3 is 0 Å². The van der Waals surface area contributed by atoms with Gasteiger partial charge in [0, 0.05) is 10.7 Å². The van der Waals surface area contributed by atoms with Crippen molar-refractivity contribution in [2.45, 2.75) is 0 Å². The summed E-state index contributed by atoms with van der Waals surface area (Å²) in [4.78, 5) is 12.1. The Morgan fingerprint density at radius 2 is 1.77 bits per heavy atom. The highest BCUT2D eigenvalue weighted by atomic mass is 35.5. The number of hydrogen-bond donors (Lipinski definition) is 2. The number of rotatable bonds is 4. The molecule has 1 aromatic heterocycles. The summed E-state index contributed by atoms with van der Waals surface area (Å²) in [6.45, 7) is 0. The van der Waals surface area contributed by atoms with Crippen LogP contribution in [0.1, 0.15) is 10.5 Å². The van der Waals surface area contributed by atoms with Gasteiger partial charge in [0.15, 0.2) is 29.0 Å². The van der Waals surface area contributed by atoms with E-state index in [1.54, 1.807) is 24.3 Å². The zero-order chi connectivity index (χ0) is 18.7. The molecule has 5 nitrogen and oxygen atoms in total. The Balaban J connectivity index is 1.72. The number of anilines is 3. The lowest BCUT2D eigenvalue weighted by molar-refractivity contribution is 0.102. The summed E-state index contributed by atoms with van der Waals surface area (Å²) >= 11 is 5.84. The quantitative estimate of drug-likeness (QED) is 0.654. The molecule has 0 unspecified atom stereocenters. The van der Waals surface area contributed by atoms with Crippen LogP contribution >= 0.6 is 11.6 Å². The highest BCUT2D eigenvalue weighted by molar-refractivity contribution is 6.30. The van der Waals surface area contributed by atoms with E-state index in [0.29, 0.717) is 10.7 Å². The maximum atomic E-state index is 13.6. The summed E-state index contributed by atoms with van der Waals surface area (Å²) in [5, 5.41) is 12.9. The monoisotopic (exact) mass is 378 g/mol. The number of nitrogens with one attached hydrogen (secondary N) is 2. The predicted octanol–water partition coefficient (Wildman–Crippen LogP) is 4.54. The Bertz CT molecular complexity index is 967. The van der Waals surface area contributed by atoms with Gasteiger partial charge in [0.2, 0.25) is 0 Å². The second kappa shape index (κ2) is 7.40. The van der Waals surface area contributed by atoms with Crippen molar-refractivity contribution in [3.05, 3.63) is 76.7 Å². The maximum Gasteiger partial charge on any atom is 0.276 e. The van der Waals surface area contributed by atoms with Gasteiger partial charge in [0.05, 0.1) is 5.69 Å². The van der Waals surface area contributed by atoms with E-state index in [2.05, 4.69) is 20.8 Å². The van der Waals surface area contributed by atoms with E-state index < -0.39 is 23.4 Å². The van der Waals surface area contributed by atoms with Crippen LogP contribution in [0.4, 0.5) is 30.4 Å². The van der Waals surface area contributed by atoms with Crippen molar-refractivity contribution in [1.29, 1.82) is 0 Å². The average molecular weight is 379 g/mol. The number of carbonyl (C=O) groups excluding carboxylic acids is 1. The average Bonchev–Trinajstić information content (AvgIpc) is 2.63. The molecule has 2 N–H and O–H groups in total. The minimum atomic E-state index is -1.60. The smallest absolute Gasteiger partial charge is 0.276 e. The number of nitrogens with zero attached hydrogens (tertiary/aromatic N) is 2. The predicted molar refractivity (Wildman–Crippen MR) is 91.0 cm³/mol. The van der Waals surface area contributed by atoms with Crippen LogP contribution in [0.25, 0.3) is 0 Å². The zero-order valence-corrected chi connectivity index (χ0v) is 13.7. The van der Waals surface area contributed by atoms with Crippen molar-refractivity contribution >= 4 is 34.7 Å². The lowest BCUT2D eigenvalue weighted by atomic mass is 10.2. The van der Waals surface area contributed by atoms with E-state index in [-0.39, 0.29) is 17.2 Å². The lowest BCUT2D eigenvalue weighted by Crippen LogP contribution is -2.14. The van der Waals surface area contributed by atoms with Gasteiger partial charge in [-0.05, 0) is 42.5 Å². The molecule has 0 fully saturated rings. The normalized spacial score (nSPS) is 10.5. The summed E-state index contributed by atoms with van der Waals surface area (Å²) in [5.41, 5.74) is 0.172. The molecule has 0 radical (unpaired) electrons. The second-order valence-electron chi connectivity index (χ2n) is 5.12. The van der Waals surface area contributed by atoms with Gasteiger partial charge in [-0.3, -0.25) is 4.79 Å². The van der Waals surface area contributed by atoms with E-state index >= 15 is 0 Å². The first kappa shape index (κ1) is 17.7. The molecule has 0 saturated heterocycles. The maximum absolute atomic E-state index is 13.6. The van der Waals surface area contributed by atoms with Gasteiger partial charge in [-0.15, -0.1) is 10.2 Å². The van der Waals surface area contributed by atoms with Crippen LogP contribution in [0.5, 0.6) is 0 Å². The Labute approximate surface area is 150 Å². The van der Waals surface area contributed by atoms with Crippen molar-refractivity contribution in [2.75, 3.05) is 10.6 Å². The van der Waals surface area contributed by atoms with Crippen LogP contribution in [0.2, 0.25) is 5.02 Å². The molecule has 1 heterocycles. The fraction of sp³-hybridized carbons (Fsp3) is 0. The lowest BCUT2D eigenvalue weighted by Gasteiger charge is -2.08. The summed E-state index contributed by atoms with van der Waals surface area (Å²) in [6, 6.07) is 11.0. The standard InChI is InChI=1S/C17H10ClF3N4O/c18-9-2-1-3-10(8-9)22-17(26)13-6-7-14(25-24-13)23-12-5-4-11(19)15(20)16(12)21/h1-8H,(H,22,26)(H,23,25). The van der Waals surface area contributed by atoms with Crippen LogP contribution in [0.15, 0.2) is 48.5 Å². The first-order valence-electron chi connectivity index (χ1n) is 7.25. The number of aromatic nitrogens is 2. The van der Waals surface area contributed by atoms with E-state index in [0.717, 1.165) is 12.1 Å². The van der Waals surface area contributed by atoms with E-state index in [4.69, 9.17) is 11.6 Å². The van der Waals surface area contributed by atoms with Gasteiger partial charge in [0.1, 0.15) is 0 Å². The van der Waals surface area contributed by atoms with Crippen LogP contribution in [-0.2, 0) is 0 Å². The molecule has 9 heteroatoms. The fourth-order valence-electron chi connectivity index (χ4n) is 2.04. The molecule has 0 aliphatic carbocycles. The molecule has 0 aliphatic heterocycles. The molecule has 26 heavy (non-hydrogen) atoms. The summed E-state index contributed by atoms with van der Waals surface area (Å²) in [6.07, 6.45) is 0. The molecule has 0 saturated carbocycles. The number of carbonyl (C=O) groups is 1. The molecule has 0 spiro atoms. The number of halogens is 4. The molecular weight excluding hydrogens is 369 g/mol. The molecule has 2 aromatic carbocycles. The van der Waals surface area contributed by atoms with Crippen molar-refractivity contribution in [3.8, 4) is 0 Å². The fourth-order valence-corrected chi connectivity index (χ4v) is 2.23. The molecular formula is C17H10ClF3N4O. The van der Waals surface area contributed by atoms with Gasteiger partial charge in [-0.25, -0.2) is 13.2 Å². The summed E-state index contributed by atoms with van der Waals surface area (Å²) < 4.78 is 39.8. The van der Waals surface area contributed by atoms with Gasteiger partial charge in [-0.1, -0.05) is 17.7 Å². The number of benzene rings is 2. The number of amides is 1. The van der Waals surface area contributed by atoms with Gasteiger partial charge < -0.3 is 10.6 Å². The second-order valence-corrected chi connectivity index (χ2v) is 5.55. The molecule has 132 valence electrons. The third-order valence-corrected chi connectivity index (χ3v) is 3.51. The molecule has 0 atom stereocenters. The van der Waals surface area contributed by atoms with E-state index in [9.17, 15) is 18.0 Å². The SMILES string of the molecule is O=C(Nc1cccc(Cl)c1)c1ccc(Nc2ccc(F)c(F)c2F)nn1. The van der Waals surface area contributed by atoms with Crippen molar-refractivity contribution in [3.63, 3.8) is 0 Å². The van der Waals surface area contributed by atoms with Gasteiger partial charge in [-0.2, -0.15) is 0 Å².